The molecule has 10 heteroatoms. The van der Waals surface area contributed by atoms with E-state index < -0.39 is 17.6 Å². The number of carbonyl (C=O) groups is 4. The van der Waals surface area contributed by atoms with Crippen molar-refractivity contribution in [1.82, 2.24) is 10.2 Å². The molecule has 0 bridgehead atoms. The number of halogens is 2. The Bertz CT molecular complexity index is 1690. The Morgan fingerprint density at radius 3 is 2.23 bits per heavy atom. The fourth-order valence-corrected chi connectivity index (χ4v) is 5.56. The molecule has 0 aliphatic carbocycles. The third-order valence-electron chi connectivity index (χ3n) is 6.58. The topological polar surface area (TPSA) is 95.6 Å². The summed E-state index contributed by atoms with van der Waals surface area (Å²) in [5, 5.41) is 5.41. The van der Waals surface area contributed by atoms with Gasteiger partial charge in [-0.1, -0.05) is 54.1 Å². The molecule has 5 rings (SSSR count). The molecule has 0 fully saturated rings. The van der Waals surface area contributed by atoms with Gasteiger partial charge in [0, 0.05) is 28.3 Å². The molecule has 43 heavy (non-hydrogen) atoms. The third-order valence-corrected chi connectivity index (χ3v) is 7.99. The SMILES string of the molecule is O=C(Nc1cccc(SCCCN2C(=O)c3ccccc3C2=O)c1)/C(=C/c1c(F)cccc1Cl)NC(=O)c1ccccc1. The van der Waals surface area contributed by atoms with E-state index in [2.05, 4.69) is 10.6 Å². The Balaban J connectivity index is 1.24. The number of imide groups is 1. The molecule has 1 heterocycles. The fourth-order valence-electron chi connectivity index (χ4n) is 4.45. The van der Waals surface area contributed by atoms with Crippen LogP contribution in [0.15, 0.2) is 108 Å². The minimum atomic E-state index is -0.670. The highest BCUT2D eigenvalue weighted by Crippen LogP contribution is 2.26. The first-order chi connectivity index (χ1) is 20.8. The molecule has 0 atom stereocenters. The Hall–Kier alpha value is -4.73. The van der Waals surface area contributed by atoms with Crippen LogP contribution < -0.4 is 10.6 Å². The summed E-state index contributed by atoms with van der Waals surface area (Å²) in [7, 11) is 0. The number of benzene rings is 4. The van der Waals surface area contributed by atoms with Gasteiger partial charge in [-0.05, 0) is 72.8 Å². The molecule has 0 spiro atoms. The van der Waals surface area contributed by atoms with Crippen LogP contribution in [0.2, 0.25) is 5.02 Å². The van der Waals surface area contributed by atoms with Crippen LogP contribution in [-0.2, 0) is 4.79 Å². The van der Waals surface area contributed by atoms with E-state index in [0.717, 1.165) is 4.90 Å². The molecule has 7 nitrogen and oxygen atoms in total. The maximum atomic E-state index is 14.6. The van der Waals surface area contributed by atoms with Gasteiger partial charge in [0.1, 0.15) is 11.5 Å². The van der Waals surface area contributed by atoms with Gasteiger partial charge >= 0.3 is 0 Å². The van der Waals surface area contributed by atoms with Crippen LogP contribution >= 0.6 is 23.4 Å². The number of carbonyl (C=O) groups excluding carboxylic acids is 4. The van der Waals surface area contributed by atoms with Crippen molar-refractivity contribution in [2.75, 3.05) is 17.6 Å². The van der Waals surface area contributed by atoms with E-state index in [-0.39, 0.29) is 28.1 Å². The average molecular weight is 614 g/mol. The van der Waals surface area contributed by atoms with E-state index in [1.807, 2.05) is 6.07 Å². The van der Waals surface area contributed by atoms with Crippen molar-refractivity contribution in [2.24, 2.45) is 0 Å². The Morgan fingerprint density at radius 2 is 1.53 bits per heavy atom. The van der Waals surface area contributed by atoms with Crippen molar-refractivity contribution < 1.29 is 23.6 Å². The molecule has 0 radical (unpaired) electrons. The van der Waals surface area contributed by atoms with Crippen molar-refractivity contribution in [1.29, 1.82) is 0 Å². The van der Waals surface area contributed by atoms with Gasteiger partial charge in [-0.25, -0.2) is 4.39 Å². The lowest BCUT2D eigenvalue weighted by molar-refractivity contribution is -0.113. The van der Waals surface area contributed by atoms with E-state index in [1.165, 1.54) is 40.9 Å². The number of thioether (sulfide) groups is 1. The summed E-state index contributed by atoms with van der Waals surface area (Å²) in [6.45, 7) is 0.295. The van der Waals surface area contributed by atoms with E-state index in [4.69, 9.17) is 11.6 Å². The number of nitrogens with zero attached hydrogens (tertiary/aromatic N) is 1. The van der Waals surface area contributed by atoms with Crippen LogP contribution in [-0.4, -0.2) is 40.8 Å². The van der Waals surface area contributed by atoms with Crippen molar-refractivity contribution >= 4 is 58.8 Å². The quantitative estimate of drug-likeness (QED) is 0.0902. The van der Waals surface area contributed by atoms with Gasteiger partial charge in [0.15, 0.2) is 0 Å². The lowest BCUT2D eigenvalue weighted by atomic mass is 10.1. The van der Waals surface area contributed by atoms with Crippen LogP contribution in [0.4, 0.5) is 10.1 Å². The van der Waals surface area contributed by atoms with Crippen LogP contribution in [0.25, 0.3) is 6.08 Å². The molecule has 4 aromatic carbocycles. The second-order valence-corrected chi connectivity index (χ2v) is 11.1. The highest BCUT2D eigenvalue weighted by molar-refractivity contribution is 7.99. The number of hydrogen-bond donors (Lipinski definition) is 2. The van der Waals surface area contributed by atoms with Crippen LogP contribution in [0, 0.1) is 5.82 Å². The van der Waals surface area contributed by atoms with Crippen molar-refractivity contribution in [2.45, 2.75) is 11.3 Å². The zero-order chi connectivity index (χ0) is 30.3. The molecular weight excluding hydrogens is 589 g/mol. The summed E-state index contributed by atoms with van der Waals surface area (Å²) in [6.07, 6.45) is 1.78. The number of hydrogen-bond acceptors (Lipinski definition) is 5. The summed E-state index contributed by atoms with van der Waals surface area (Å²) in [5.74, 6) is -1.81. The summed E-state index contributed by atoms with van der Waals surface area (Å²) in [6, 6.07) is 26.3. The van der Waals surface area contributed by atoms with E-state index in [9.17, 15) is 23.6 Å². The highest BCUT2D eigenvalue weighted by Gasteiger charge is 2.34. The zero-order valence-electron chi connectivity index (χ0n) is 22.7. The highest BCUT2D eigenvalue weighted by atomic mass is 35.5. The molecule has 1 aliphatic rings. The first-order valence-corrected chi connectivity index (χ1v) is 14.7. The largest absolute Gasteiger partial charge is 0.321 e. The molecule has 4 aromatic rings. The first kappa shape index (κ1) is 29.8. The average Bonchev–Trinajstić information content (AvgIpc) is 3.26. The third kappa shape index (κ3) is 7.02. The van der Waals surface area contributed by atoms with E-state index >= 15 is 0 Å². The summed E-state index contributed by atoms with van der Waals surface area (Å²) < 4.78 is 14.6. The normalized spacial score (nSPS) is 12.7. The van der Waals surface area contributed by atoms with Crippen molar-refractivity contribution in [3.05, 3.63) is 136 Å². The molecule has 216 valence electrons. The smallest absolute Gasteiger partial charge is 0.272 e. The molecule has 0 saturated carbocycles. The van der Waals surface area contributed by atoms with Crippen molar-refractivity contribution in [3.63, 3.8) is 0 Å². The minimum Gasteiger partial charge on any atom is -0.321 e. The predicted molar refractivity (Wildman–Crippen MR) is 166 cm³/mol. The summed E-state index contributed by atoms with van der Waals surface area (Å²) >= 11 is 7.68. The fraction of sp³-hybridized carbons (Fsp3) is 0.0909. The standard InChI is InChI=1S/C33H25ClFN3O4S/c34-27-15-7-16-28(35)26(27)20-29(37-30(39)21-9-2-1-3-10-21)31(40)36-22-11-6-12-23(19-22)43-18-8-17-38-32(41)24-13-4-5-14-25(24)33(38)42/h1-7,9-16,19-20H,8,17-18H2,(H,36,40)(H,37,39)/b29-20-. The van der Waals surface area contributed by atoms with Gasteiger partial charge in [-0.2, -0.15) is 0 Å². The van der Waals surface area contributed by atoms with E-state index in [0.29, 0.717) is 41.1 Å². The Kier molecular flexibility index (Phi) is 9.34. The second-order valence-electron chi connectivity index (χ2n) is 9.50. The zero-order valence-corrected chi connectivity index (χ0v) is 24.3. The Morgan fingerprint density at radius 1 is 0.860 bits per heavy atom. The number of nitrogens with one attached hydrogen (secondary N) is 2. The lowest BCUT2D eigenvalue weighted by Gasteiger charge is -2.14. The molecule has 1 aliphatic heterocycles. The van der Waals surface area contributed by atoms with Gasteiger partial charge in [0.25, 0.3) is 23.6 Å². The number of amides is 4. The second kappa shape index (κ2) is 13.5. The summed E-state index contributed by atoms with van der Waals surface area (Å²) in [5.41, 5.74) is 1.39. The molecule has 2 N–H and O–H groups in total. The molecule has 0 aromatic heterocycles. The van der Waals surface area contributed by atoms with Crippen molar-refractivity contribution in [3.8, 4) is 0 Å². The van der Waals surface area contributed by atoms with E-state index in [1.54, 1.807) is 72.8 Å². The van der Waals surface area contributed by atoms with Gasteiger partial charge in [0.05, 0.1) is 16.1 Å². The predicted octanol–water partition coefficient (Wildman–Crippen LogP) is 6.67. The molecule has 0 unspecified atom stereocenters. The number of anilines is 1. The molecular formula is C33H25ClFN3O4S. The minimum absolute atomic E-state index is 0.0370. The summed E-state index contributed by atoms with van der Waals surface area (Å²) in [4.78, 5) is 53.5. The molecule has 4 amide bonds. The van der Waals surface area contributed by atoms with Crippen LogP contribution in [0.3, 0.4) is 0 Å². The van der Waals surface area contributed by atoms with Crippen LogP contribution in [0.1, 0.15) is 43.1 Å². The number of rotatable bonds is 10. The maximum absolute atomic E-state index is 14.6. The van der Waals surface area contributed by atoms with Gasteiger partial charge in [-0.3, -0.25) is 24.1 Å². The maximum Gasteiger partial charge on any atom is 0.272 e. The van der Waals surface area contributed by atoms with Gasteiger partial charge < -0.3 is 10.6 Å². The monoisotopic (exact) mass is 613 g/mol. The lowest BCUT2D eigenvalue weighted by Crippen LogP contribution is -2.31. The van der Waals surface area contributed by atoms with Crippen LogP contribution in [0.5, 0.6) is 0 Å². The Labute approximate surface area is 256 Å². The molecule has 0 saturated heterocycles. The number of fused-ring (bicyclic) bond motifs is 1. The van der Waals surface area contributed by atoms with Gasteiger partial charge in [-0.15, -0.1) is 11.8 Å². The van der Waals surface area contributed by atoms with Gasteiger partial charge in [0.2, 0.25) is 0 Å². The first-order valence-electron chi connectivity index (χ1n) is 13.3.